The van der Waals surface area contributed by atoms with E-state index in [2.05, 4.69) is 47.4 Å². The maximum atomic E-state index is 6.24. The summed E-state index contributed by atoms with van der Waals surface area (Å²) in [6.07, 6.45) is 0. The zero-order chi connectivity index (χ0) is 13.4. The summed E-state index contributed by atoms with van der Waals surface area (Å²) < 4.78 is 0. The lowest BCUT2D eigenvalue weighted by atomic mass is 10.1. The van der Waals surface area contributed by atoms with Crippen LogP contribution in [0.4, 0.5) is 0 Å². The Morgan fingerprint density at radius 2 is 1.80 bits per heavy atom. The van der Waals surface area contributed by atoms with Gasteiger partial charge in [-0.15, -0.1) is 0 Å². The fraction of sp³-hybridized carbons (Fsp3) is 0.200. The maximum absolute atomic E-state index is 6.24. The van der Waals surface area contributed by atoms with Gasteiger partial charge in [0.15, 0.2) is 11.8 Å². The molecule has 1 atom stereocenters. The minimum absolute atomic E-state index is 0. The molecule has 5 heteroatoms. The second-order valence-electron chi connectivity index (χ2n) is 4.92. The largest absolute Gasteiger partial charge is 1.00 e. The number of fused-ring (bicyclic) bond motifs is 1. The fourth-order valence-corrected chi connectivity index (χ4v) is 2.88. The third kappa shape index (κ3) is 3.06. The highest BCUT2D eigenvalue weighted by Crippen LogP contribution is 2.22. The number of rotatable bonds is 2. The molecule has 1 unspecified atom stereocenters. The normalized spacial score (nSPS) is 18.6. The molecule has 0 aromatic heterocycles. The van der Waals surface area contributed by atoms with E-state index >= 15 is 0 Å². The molecule has 3 rings (SSSR count). The van der Waals surface area contributed by atoms with E-state index in [-0.39, 0.29) is 24.0 Å². The monoisotopic (exact) mass is 420 g/mol. The molecule has 1 N–H and O–H groups in total. The molecule has 2 aromatic rings. The van der Waals surface area contributed by atoms with Gasteiger partial charge in [0.05, 0.1) is 7.05 Å². The Kier molecular flexibility index (Phi) is 5.18. The molecule has 1 heterocycles. The van der Waals surface area contributed by atoms with Crippen molar-refractivity contribution in [3.8, 4) is 0 Å². The SMILES string of the molecule is C[NH+]1CN(Cc2ccc3ccccc3c2)C(Cl)=C1Cl.[I-]. The van der Waals surface area contributed by atoms with E-state index in [1.165, 1.54) is 16.3 Å². The van der Waals surface area contributed by atoms with Crippen LogP contribution in [0.25, 0.3) is 10.8 Å². The summed E-state index contributed by atoms with van der Waals surface area (Å²) >= 11 is 12.4. The zero-order valence-electron chi connectivity index (χ0n) is 11.0. The van der Waals surface area contributed by atoms with Gasteiger partial charge in [-0.1, -0.05) is 48.0 Å². The Hall–Kier alpha value is -0.490. The fourth-order valence-electron chi connectivity index (χ4n) is 2.42. The van der Waals surface area contributed by atoms with Crippen molar-refractivity contribution in [1.29, 1.82) is 0 Å². The highest BCUT2D eigenvalue weighted by Gasteiger charge is 2.28. The average Bonchev–Trinajstić information content (AvgIpc) is 2.66. The van der Waals surface area contributed by atoms with E-state index in [0.717, 1.165) is 18.1 Å². The first-order valence-electron chi connectivity index (χ1n) is 6.26. The molecule has 0 aliphatic carbocycles. The molecular weight excluding hydrogens is 406 g/mol. The van der Waals surface area contributed by atoms with Gasteiger partial charge in [-0.2, -0.15) is 0 Å². The molecule has 0 spiro atoms. The minimum Gasteiger partial charge on any atom is -1.00 e. The van der Waals surface area contributed by atoms with E-state index in [1.54, 1.807) is 0 Å². The summed E-state index contributed by atoms with van der Waals surface area (Å²) in [4.78, 5) is 3.23. The highest BCUT2D eigenvalue weighted by atomic mass is 127. The van der Waals surface area contributed by atoms with Gasteiger partial charge in [0.2, 0.25) is 5.16 Å². The molecule has 1 aliphatic heterocycles. The molecule has 2 nitrogen and oxygen atoms in total. The lowest BCUT2D eigenvalue weighted by molar-refractivity contribution is -0.833. The molecule has 20 heavy (non-hydrogen) atoms. The number of hydrogen-bond acceptors (Lipinski definition) is 1. The molecule has 0 bridgehead atoms. The van der Waals surface area contributed by atoms with E-state index in [4.69, 9.17) is 23.2 Å². The molecule has 0 saturated carbocycles. The van der Waals surface area contributed by atoms with Crippen molar-refractivity contribution in [1.82, 2.24) is 4.90 Å². The molecule has 106 valence electrons. The van der Waals surface area contributed by atoms with Crippen molar-refractivity contribution in [3.05, 3.63) is 58.3 Å². The predicted octanol–water partition coefficient (Wildman–Crippen LogP) is -0.264. The molecule has 0 fully saturated rings. The number of nitrogens with one attached hydrogen (secondary N) is 1. The van der Waals surface area contributed by atoms with Crippen molar-refractivity contribution in [3.63, 3.8) is 0 Å². The first kappa shape index (κ1) is 15.9. The molecule has 0 radical (unpaired) electrons. The van der Waals surface area contributed by atoms with Crippen molar-refractivity contribution in [2.45, 2.75) is 6.54 Å². The number of hydrogen-bond donors (Lipinski definition) is 1. The van der Waals surface area contributed by atoms with Gasteiger partial charge in [-0.25, -0.2) is 0 Å². The lowest BCUT2D eigenvalue weighted by Crippen LogP contribution is -3.05. The number of nitrogens with zero attached hydrogens (tertiary/aromatic N) is 1. The van der Waals surface area contributed by atoms with Crippen LogP contribution in [0.1, 0.15) is 5.56 Å². The number of quaternary nitrogens is 1. The predicted molar refractivity (Wildman–Crippen MR) is 80.0 cm³/mol. The van der Waals surface area contributed by atoms with Crippen LogP contribution in [0, 0.1) is 0 Å². The summed E-state index contributed by atoms with van der Waals surface area (Å²) in [6.45, 7) is 1.60. The summed E-state index contributed by atoms with van der Waals surface area (Å²) in [5, 5.41) is 3.87. The van der Waals surface area contributed by atoms with E-state index in [9.17, 15) is 0 Å². The van der Waals surface area contributed by atoms with Crippen molar-refractivity contribution in [2.75, 3.05) is 13.7 Å². The minimum atomic E-state index is 0. The van der Waals surface area contributed by atoms with Crippen LogP contribution in [-0.2, 0) is 6.54 Å². The van der Waals surface area contributed by atoms with Gasteiger partial charge in [0.1, 0.15) is 0 Å². The zero-order valence-corrected chi connectivity index (χ0v) is 14.7. The van der Waals surface area contributed by atoms with Gasteiger partial charge in [-0.3, -0.25) is 4.90 Å². The third-order valence-electron chi connectivity index (χ3n) is 3.45. The first-order chi connectivity index (χ1) is 9.15. The highest BCUT2D eigenvalue weighted by molar-refractivity contribution is 6.37. The van der Waals surface area contributed by atoms with Crippen molar-refractivity contribution < 1.29 is 28.9 Å². The number of halogens is 3. The second-order valence-corrected chi connectivity index (χ2v) is 5.66. The van der Waals surface area contributed by atoms with Gasteiger partial charge >= 0.3 is 0 Å². The summed E-state index contributed by atoms with van der Waals surface area (Å²) in [5.74, 6) is 0. The molecular formula is C15H15Cl2IN2. The van der Waals surface area contributed by atoms with Crippen LogP contribution in [0.15, 0.2) is 52.8 Å². The van der Waals surface area contributed by atoms with Crippen LogP contribution in [0.3, 0.4) is 0 Å². The average molecular weight is 421 g/mol. The second kappa shape index (κ2) is 6.52. The molecule has 0 saturated heterocycles. The van der Waals surface area contributed by atoms with E-state index in [0.29, 0.717) is 10.3 Å². The third-order valence-corrected chi connectivity index (χ3v) is 4.48. The molecule has 1 aliphatic rings. The molecule has 2 aromatic carbocycles. The van der Waals surface area contributed by atoms with Crippen molar-refractivity contribution in [2.24, 2.45) is 0 Å². The number of benzene rings is 2. The quantitative estimate of drug-likeness (QED) is 0.519. The Labute approximate surface area is 146 Å². The standard InChI is InChI=1S/C15H14Cl2N2.HI/c1-18-10-19(15(17)14(18)16)9-11-6-7-12-4-2-3-5-13(12)8-11;/h2-8H,9-10H2,1H3;1H. The van der Waals surface area contributed by atoms with Crippen LogP contribution >= 0.6 is 23.2 Å². The van der Waals surface area contributed by atoms with E-state index < -0.39 is 0 Å². The van der Waals surface area contributed by atoms with Crippen LogP contribution in [0.5, 0.6) is 0 Å². The summed E-state index contributed by atoms with van der Waals surface area (Å²) in [6, 6.07) is 14.9. The Bertz CT molecular complexity index is 657. The first-order valence-corrected chi connectivity index (χ1v) is 7.01. The Balaban J connectivity index is 0.00000147. The Morgan fingerprint density at radius 3 is 2.45 bits per heavy atom. The lowest BCUT2D eigenvalue weighted by Gasteiger charge is -2.16. The summed E-state index contributed by atoms with van der Waals surface area (Å²) in [5.41, 5.74) is 1.25. The van der Waals surface area contributed by atoms with Gasteiger partial charge in [-0.05, 0) is 34.0 Å². The van der Waals surface area contributed by atoms with Gasteiger partial charge in [0, 0.05) is 6.54 Å². The van der Waals surface area contributed by atoms with Crippen LogP contribution in [-0.4, -0.2) is 18.6 Å². The van der Waals surface area contributed by atoms with Gasteiger partial charge in [0.25, 0.3) is 0 Å². The topological polar surface area (TPSA) is 7.68 Å². The van der Waals surface area contributed by atoms with Crippen LogP contribution in [0.2, 0.25) is 0 Å². The smallest absolute Gasteiger partial charge is 0.237 e. The Morgan fingerprint density at radius 1 is 1.10 bits per heavy atom. The van der Waals surface area contributed by atoms with Crippen molar-refractivity contribution >= 4 is 34.0 Å². The maximum Gasteiger partial charge on any atom is 0.237 e. The summed E-state index contributed by atoms with van der Waals surface area (Å²) in [7, 11) is 2.02. The van der Waals surface area contributed by atoms with Gasteiger partial charge < -0.3 is 28.9 Å². The van der Waals surface area contributed by atoms with Crippen LogP contribution < -0.4 is 28.9 Å². The van der Waals surface area contributed by atoms with E-state index in [1.807, 2.05) is 7.05 Å². The molecule has 0 amide bonds.